The maximum Gasteiger partial charge on any atom is 0.417 e. The van der Waals surface area contributed by atoms with Crippen molar-refractivity contribution < 1.29 is 26.4 Å². The van der Waals surface area contributed by atoms with Crippen LogP contribution in [0.1, 0.15) is 23.1 Å². The third-order valence-corrected chi connectivity index (χ3v) is 5.15. The highest BCUT2D eigenvalue weighted by molar-refractivity contribution is 7.90. The predicted molar refractivity (Wildman–Crippen MR) is 91.3 cm³/mol. The molecule has 0 aromatic heterocycles. The van der Waals surface area contributed by atoms with Crippen molar-refractivity contribution in [3.05, 3.63) is 64.2 Å². The van der Waals surface area contributed by atoms with Crippen molar-refractivity contribution in [2.45, 2.75) is 23.9 Å². The van der Waals surface area contributed by atoms with Gasteiger partial charge in [-0.05, 0) is 42.3 Å². The third-order valence-electron chi connectivity index (χ3n) is 3.53. The zero-order valence-corrected chi connectivity index (χ0v) is 15.1. The van der Waals surface area contributed by atoms with Gasteiger partial charge in [0.05, 0.1) is 22.1 Å². The van der Waals surface area contributed by atoms with E-state index in [2.05, 4.69) is 0 Å². The van der Waals surface area contributed by atoms with Crippen LogP contribution in [0.25, 0.3) is 0 Å². The molecule has 0 bridgehead atoms. The number of rotatable bonds is 5. The van der Waals surface area contributed by atoms with E-state index in [-0.39, 0.29) is 12.8 Å². The van der Waals surface area contributed by atoms with E-state index < -0.39 is 38.1 Å². The highest BCUT2D eigenvalue weighted by Crippen LogP contribution is 2.33. The minimum absolute atomic E-state index is 0.191. The zero-order chi connectivity index (χ0) is 20.2. The summed E-state index contributed by atoms with van der Waals surface area (Å²) in [6.07, 6.45) is -4.88. The van der Waals surface area contributed by atoms with Crippen molar-refractivity contribution in [1.29, 1.82) is 5.26 Å². The van der Waals surface area contributed by atoms with E-state index >= 15 is 0 Å². The first kappa shape index (κ1) is 20.7. The number of benzene rings is 2. The Bertz CT molecular complexity index is 998. The average molecular weight is 417 g/mol. The van der Waals surface area contributed by atoms with Crippen molar-refractivity contribution in [2.24, 2.45) is 0 Å². The molecule has 1 amide bonds. The van der Waals surface area contributed by atoms with Gasteiger partial charge >= 0.3 is 6.18 Å². The number of sulfonamides is 1. The number of nitrogens with one attached hydrogen (secondary N) is 1. The third kappa shape index (κ3) is 5.45. The summed E-state index contributed by atoms with van der Waals surface area (Å²) in [5.74, 6) is -0.872. The summed E-state index contributed by atoms with van der Waals surface area (Å²) in [5.41, 5.74) is -1.36. The highest BCUT2D eigenvalue weighted by Gasteiger charge is 2.35. The SMILES string of the molecule is N#Cc1ccc(S(=O)(=O)NC(=O)CCc2ccc(Cl)cc2)cc1C(F)(F)F. The van der Waals surface area contributed by atoms with Crippen molar-refractivity contribution in [1.82, 2.24) is 4.72 Å². The molecular formula is C17H12ClF3N2O3S. The Hall–Kier alpha value is -2.57. The normalized spacial score (nSPS) is 11.7. The van der Waals surface area contributed by atoms with Gasteiger partial charge in [0.1, 0.15) is 0 Å². The molecule has 0 aliphatic carbocycles. The van der Waals surface area contributed by atoms with E-state index in [0.29, 0.717) is 11.1 Å². The van der Waals surface area contributed by atoms with Crippen molar-refractivity contribution >= 4 is 27.5 Å². The zero-order valence-electron chi connectivity index (χ0n) is 13.5. The van der Waals surface area contributed by atoms with E-state index in [4.69, 9.17) is 16.9 Å². The van der Waals surface area contributed by atoms with Gasteiger partial charge in [0.25, 0.3) is 10.0 Å². The molecule has 10 heteroatoms. The summed E-state index contributed by atoms with van der Waals surface area (Å²) < 4.78 is 65.0. The monoisotopic (exact) mass is 416 g/mol. The Morgan fingerprint density at radius 1 is 1.15 bits per heavy atom. The van der Waals surface area contributed by atoms with E-state index in [1.807, 2.05) is 0 Å². The molecule has 0 saturated carbocycles. The number of alkyl halides is 3. The van der Waals surface area contributed by atoms with Crippen LogP contribution in [0.15, 0.2) is 47.4 Å². The molecule has 0 spiro atoms. The van der Waals surface area contributed by atoms with Crippen LogP contribution < -0.4 is 4.72 Å². The van der Waals surface area contributed by atoms with Gasteiger partial charge in [-0.15, -0.1) is 0 Å². The average Bonchev–Trinajstić information content (AvgIpc) is 2.59. The van der Waals surface area contributed by atoms with E-state index in [1.54, 1.807) is 29.0 Å². The van der Waals surface area contributed by atoms with Gasteiger partial charge in [-0.25, -0.2) is 13.1 Å². The fraction of sp³-hybridized carbons (Fsp3) is 0.176. The number of hydrogen-bond acceptors (Lipinski definition) is 4. The number of halogens is 4. The van der Waals surface area contributed by atoms with Gasteiger partial charge in [0, 0.05) is 11.4 Å². The topological polar surface area (TPSA) is 87.0 Å². The molecular weight excluding hydrogens is 405 g/mol. The van der Waals surface area contributed by atoms with Crippen LogP contribution in [0.3, 0.4) is 0 Å². The van der Waals surface area contributed by atoms with Crippen molar-refractivity contribution in [3.63, 3.8) is 0 Å². The van der Waals surface area contributed by atoms with Crippen molar-refractivity contribution in [3.8, 4) is 6.07 Å². The maximum atomic E-state index is 13.0. The lowest BCUT2D eigenvalue weighted by Gasteiger charge is -2.12. The number of amides is 1. The molecule has 0 saturated heterocycles. The Morgan fingerprint density at radius 3 is 2.33 bits per heavy atom. The quantitative estimate of drug-likeness (QED) is 0.805. The first-order chi connectivity index (χ1) is 12.5. The fourth-order valence-electron chi connectivity index (χ4n) is 2.19. The van der Waals surface area contributed by atoms with Gasteiger partial charge in [-0.3, -0.25) is 4.79 Å². The summed E-state index contributed by atoms with van der Waals surface area (Å²) in [4.78, 5) is 11.1. The molecule has 2 aromatic rings. The van der Waals surface area contributed by atoms with Gasteiger partial charge in [-0.2, -0.15) is 18.4 Å². The molecule has 0 radical (unpaired) electrons. The Kier molecular flexibility index (Phi) is 6.13. The highest BCUT2D eigenvalue weighted by atomic mass is 35.5. The lowest BCUT2D eigenvalue weighted by molar-refractivity contribution is -0.137. The summed E-state index contributed by atoms with van der Waals surface area (Å²) >= 11 is 5.74. The molecule has 0 unspecified atom stereocenters. The van der Waals surface area contributed by atoms with Crippen LogP contribution in [-0.2, 0) is 27.4 Å². The molecule has 5 nitrogen and oxygen atoms in total. The van der Waals surface area contributed by atoms with Crippen LogP contribution >= 0.6 is 11.6 Å². The largest absolute Gasteiger partial charge is 0.417 e. The molecule has 2 rings (SSSR count). The van der Waals surface area contributed by atoms with Crippen LogP contribution in [-0.4, -0.2) is 14.3 Å². The molecule has 0 aliphatic rings. The number of carbonyl (C=O) groups excluding carboxylic acids is 1. The second-order valence-corrected chi connectivity index (χ2v) is 7.59. The molecule has 27 heavy (non-hydrogen) atoms. The van der Waals surface area contributed by atoms with Crippen LogP contribution in [0.5, 0.6) is 0 Å². The first-order valence-corrected chi connectivity index (χ1v) is 9.30. The summed E-state index contributed by atoms with van der Waals surface area (Å²) in [6, 6.07) is 9.82. The van der Waals surface area contributed by atoms with Crippen molar-refractivity contribution in [2.75, 3.05) is 0 Å². The van der Waals surface area contributed by atoms with Gasteiger partial charge in [0.2, 0.25) is 5.91 Å². The maximum absolute atomic E-state index is 13.0. The van der Waals surface area contributed by atoms with Gasteiger partial charge < -0.3 is 0 Å². The lowest BCUT2D eigenvalue weighted by atomic mass is 10.1. The summed E-state index contributed by atoms with van der Waals surface area (Å²) in [6.45, 7) is 0. The van der Waals surface area contributed by atoms with Gasteiger partial charge in [0.15, 0.2) is 0 Å². The second kappa shape index (κ2) is 7.98. The Balaban J connectivity index is 2.15. The molecule has 2 aromatic carbocycles. The van der Waals surface area contributed by atoms with Gasteiger partial charge in [-0.1, -0.05) is 23.7 Å². The molecule has 0 atom stereocenters. The number of nitrogens with zero attached hydrogens (tertiary/aromatic N) is 1. The minimum Gasteiger partial charge on any atom is -0.274 e. The van der Waals surface area contributed by atoms with E-state index in [1.165, 1.54) is 6.07 Å². The fourth-order valence-corrected chi connectivity index (χ4v) is 3.36. The van der Waals surface area contributed by atoms with Crippen LogP contribution in [0, 0.1) is 11.3 Å². The molecule has 1 N–H and O–H groups in total. The second-order valence-electron chi connectivity index (χ2n) is 5.47. The Labute approximate surface area is 158 Å². The molecule has 142 valence electrons. The van der Waals surface area contributed by atoms with E-state index in [0.717, 1.165) is 17.7 Å². The summed E-state index contributed by atoms with van der Waals surface area (Å²) in [7, 11) is -4.51. The first-order valence-electron chi connectivity index (χ1n) is 7.44. The Morgan fingerprint density at radius 2 is 1.78 bits per heavy atom. The van der Waals surface area contributed by atoms with E-state index in [9.17, 15) is 26.4 Å². The number of aryl methyl sites for hydroxylation is 1. The lowest BCUT2D eigenvalue weighted by Crippen LogP contribution is -2.31. The number of nitriles is 1. The minimum atomic E-state index is -4.91. The number of carbonyl (C=O) groups is 1. The molecule has 0 heterocycles. The van der Waals surface area contributed by atoms with Crippen LogP contribution in [0.2, 0.25) is 5.02 Å². The predicted octanol–water partition coefficient (Wildman–Crippen LogP) is 3.67. The molecule has 0 fully saturated rings. The standard InChI is InChI=1S/C17H12ClF3N2O3S/c18-13-5-1-11(2-6-13)3-8-16(24)23-27(25,26)14-7-4-12(10-22)15(9-14)17(19,20)21/h1-2,4-7,9H,3,8H2,(H,23,24). The molecule has 0 aliphatic heterocycles. The number of hydrogen-bond donors (Lipinski definition) is 1. The smallest absolute Gasteiger partial charge is 0.274 e. The van der Waals surface area contributed by atoms with Crippen LogP contribution in [0.4, 0.5) is 13.2 Å². The summed E-state index contributed by atoms with van der Waals surface area (Å²) in [5, 5.41) is 9.25.